The van der Waals surface area contributed by atoms with E-state index >= 15 is 0 Å². The molecule has 0 saturated carbocycles. The van der Waals surface area contributed by atoms with Crippen LogP contribution in [0.25, 0.3) is 93.6 Å². The third kappa shape index (κ3) is 5.82. The zero-order chi connectivity index (χ0) is 40.3. The fourth-order valence-corrected chi connectivity index (χ4v) is 9.41. The van der Waals surface area contributed by atoms with Crippen LogP contribution in [-0.2, 0) is 0 Å². The molecule has 0 bridgehead atoms. The quantitative estimate of drug-likeness (QED) is 0.161. The highest BCUT2D eigenvalue weighted by atomic mass is 16.3. The second-order valence-electron chi connectivity index (χ2n) is 15.7. The maximum Gasteiger partial charge on any atom is 0.135 e. The molecule has 12 aromatic rings. The summed E-state index contributed by atoms with van der Waals surface area (Å²) in [5.41, 5.74) is 15.5. The summed E-state index contributed by atoms with van der Waals surface area (Å²) in [5.74, 6) is 0. The average molecular weight is 779 g/mol. The van der Waals surface area contributed by atoms with E-state index in [1.54, 1.807) is 0 Å². The highest BCUT2D eigenvalue weighted by molar-refractivity contribution is 6.10. The highest BCUT2D eigenvalue weighted by Gasteiger charge is 2.20. The third-order valence-electron chi connectivity index (χ3n) is 12.2. The minimum absolute atomic E-state index is 0.888. The van der Waals surface area contributed by atoms with Gasteiger partial charge in [-0.1, -0.05) is 164 Å². The summed E-state index contributed by atoms with van der Waals surface area (Å²) in [6, 6.07) is 83.0. The molecule has 12 rings (SSSR count). The van der Waals surface area contributed by atoms with Crippen LogP contribution in [0.2, 0.25) is 0 Å². The Hall–Kier alpha value is -8.14. The zero-order valence-electron chi connectivity index (χ0n) is 33.2. The Balaban J connectivity index is 1.03. The average Bonchev–Trinajstić information content (AvgIpc) is 3.87. The lowest BCUT2D eigenvalue weighted by Crippen LogP contribution is -2.11. The number of benzene rings is 10. The summed E-state index contributed by atoms with van der Waals surface area (Å²) in [4.78, 5) is 2.41. The maximum atomic E-state index is 6.26. The molecule has 2 aromatic heterocycles. The SMILES string of the molecule is c1cc(-c2cccc3ccccc23)cc(N(c2ccc(-c3ccccc3-n3c4ccccc4c4ccccc43)cc2)c2ccccc2-c2ccc3oc4ccccc4c3c2)c1. The van der Waals surface area contributed by atoms with Crippen molar-refractivity contribution in [3.8, 4) is 39.1 Å². The number of hydrogen-bond acceptors (Lipinski definition) is 2. The van der Waals surface area contributed by atoms with Gasteiger partial charge in [-0.15, -0.1) is 0 Å². The number of rotatable bonds is 7. The van der Waals surface area contributed by atoms with Crippen molar-refractivity contribution < 1.29 is 4.42 Å². The molecule has 2 heterocycles. The number of fused-ring (bicyclic) bond motifs is 7. The molecule has 0 saturated heterocycles. The van der Waals surface area contributed by atoms with E-state index in [0.29, 0.717) is 0 Å². The summed E-state index contributed by atoms with van der Waals surface area (Å²) in [6.45, 7) is 0. The van der Waals surface area contributed by atoms with Gasteiger partial charge in [-0.3, -0.25) is 0 Å². The van der Waals surface area contributed by atoms with Crippen LogP contribution in [-0.4, -0.2) is 4.57 Å². The van der Waals surface area contributed by atoms with Crippen molar-refractivity contribution in [3.63, 3.8) is 0 Å². The van der Waals surface area contributed by atoms with Gasteiger partial charge in [0.2, 0.25) is 0 Å². The molecule has 3 heteroatoms. The van der Waals surface area contributed by atoms with E-state index in [2.05, 4.69) is 228 Å². The van der Waals surface area contributed by atoms with Crippen molar-refractivity contribution in [3.05, 3.63) is 231 Å². The van der Waals surface area contributed by atoms with Crippen LogP contribution in [0.5, 0.6) is 0 Å². The predicted molar refractivity (Wildman–Crippen MR) is 257 cm³/mol. The van der Waals surface area contributed by atoms with E-state index in [9.17, 15) is 0 Å². The van der Waals surface area contributed by atoms with E-state index in [1.807, 2.05) is 12.1 Å². The molecule has 0 amide bonds. The van der Waals surface area contributed by atoms with Crippen molar-refractivity contribution in [2.24, 2.45) is 0 Å². The van der Waals surface area contributed by atoms with E-state index in [4.69, 9.17) is 4.42 Å². The molecule has 61 heavy (non-hydrogen) atoms. The largest absolute Gasteiger partial charge is 0.456 e. The predicted octanol–water partition coefficient (Wildman–Crippen LogP) is 16.3. The first kappa shape index (κ1) is 34.9. The molecule has 10 aromatic carbocycles. The van der Waals surface area contributed by atoms with Gasteiger partial charge in [-0.2, -0.15) is 0 Å². The number of nitrogens with zero attached hydrogens (tertiary/aromatic N) is 2. The molecule has 3 nitrogen and oxygen atoms in total. The summed E-state index contributed by atoms with van der Waals surface area (Å²) < 4.78 is 8.67. The summed E-state index contributed by atoms with van der Waals surface area (Å²) >= 11 is 0. The summed E-state index contributed by atoms with van der Waals surface area (Å²) in [5, 5.41) is 7.20. The molecule has 0 aliphatic rings. The molecule has 0 unspecified atom stereocenters. The first-order chi connectivity index (χ1) is 30.3. The Morgan fingerprint density at radius 3 is 1.72 bits per heavy atom. The third-order valence-corrected chi connectivity index (χ3v) is 12.2. The standard InChI is InChI=1S/C58H38N2O/c1-2-19-45-39(15-1)16-14-25-46(45)41-17-13-18-44(37-41)59(53-26-8-4-21-48(53)42-33-36-58-52(38-42)51-24-7-12-30-57(51)61-58)43-34-31-40(32-35-43)47-20-3-9-27-54(47)60-55-28-10-5-22-49(55)50-23-6-11-29-56(50)60/h1-38H. The molecule has 0 aliphatic carbocycles. The van der Waals surface area contributed by atoms with Crippen molar-refractivity contribution in [2.45, 2.75) is 0 Å². The van der Waals surface area contributed by atoms with Gasteiger partial charge in [-0.25, -0.2) is 0 Å². The molecule has 0 radical (unpaired) electrons. The van der Waals surface area contributed by atoms with Crippen molar-refractivity contribution in [2.75, 3.05) is 4.90 Å². The van der Waals surface area contributed by atoms with E-state index in [1.165, 1.54) is 49.3 Å². The minimum atomic E-state index is 0.888. The Morgan fingerprint density at radius 1 is 0.328 bits per heavy atom. The molecular weight excluding hydrogens is 741 g/mol. The first-order valence-corrected chi connectivity index (χ1v) is 20.8. The Kier molecular flexibility index (Phi) is 8.17. The van der Waals surface area contributed by atoms with Gasteiger partial charge in [0.1, 0.15) is 11.2 Å². The van der Waals surface area contributed by atoms with Crippen molar-refractivity contribution in [1.29, 1.82) is 0 Å². The molecular formula is C58H38N2O. The molecule has 0 fully saturated rings. The van der Waals surface area contributed by atoms with Gasteiger partial charge in [-0.05, 0) is 99.8 Å². The maximum absolute atomic E-state index is 6.26. The summed E-state index contributed by atoms with van der Waals surface area (Å²) in [7, 11) is 0. The van der Waals surface area contributed by atoms with Crippen LogP contribution < -0.4 is 4.90 Å². The van der Waals surface area contributed by atoms with Crippen LogP contribution in [0.15, 0.2) is 235 Å². The van der Waals surface area contributed by atoms with Crippen LogP contribution in [0.1, 0.15) is 0 Å². The van der Waals surface area contributed by atoms with Gasteiger partial charge < -0.3 is 13.9 Å². The van der Waals surface area contributed by atoms with Gasteiger partial charge in [0, 0.05) is 44.0 Å². The molecule has 0 spiro atoms. The Labute approximate surface area is 353 Å². The summed E-state index contributed by atoms with van der Waals surface area (Å²) in [6.07, 6.45) is 0. The first-order valence-electron chi connectivity index (χ1n) is 20.8. The fraction of sp³-hybridized carbons (Fsp3) is 0. The second-order valence-corrected chi connectivity index (χ2v) is 15.7. The Bertz CT molecular complexity index is 3550. The number of anilines is 3. The van der Waals surface area contributed by atoms with Gasteiger partial charge in [0.05, 0.1) is 22.4 Å². The van der Waals surface area contributed by atoms with Gasteiger partial charge in [0.25, 0.3) is 0 Å². The number of furan rings is 1. The van der Waals surface area contributed by atoms with Crippen molar-refractivity contribution in [1.82, 2.24) is 4.57 Å². The van der Waals surface area contributed by atoms with Crippen molar-refractivity contribution >= 4 is 71.6 Å². The molecule has 0 aliphatic heterocycles. The number of para-hydroxylation sites is 5. The van der Waals surface area contributed by atoms with Crippen LogP contribution in [0.4, 0.5) is 17.1 Å². The lowest BCUT2D eigenvalue weighted by Gasteiger charge is -2.28. The molecule has 0 N–H and O–H groups in total. The van der Waals surface area contributed by atoms with Crippen LogP contribution >= 0.6 is 0 Å². The molecule has 0 atom stereocenters. The van der Waals surface area contributed by atoms with E-state index in [0.717, 1.165) is 61.4 Å². The normalized spacial score (nSPS) is 11.6. The lowest BCUT2D eigenvalue weighted by molar-refractivity contribution is 0.669. The number of hydrogen-bond donors (Lipinski definition) is 0. The van der Waals surface area contributed by atoms with Gasteiger partial charge >= 0.3 is 0 Å². The zero-order valence-corrected chi connectivity index (χ0v) is 33.2. The van der Waals surface area contributed by atoms with Crippen LogP contribution in [0.3, 0.4) is 0 Å². The van der Waals surface area contributed by atoms with E-state index in [-0.39, 0.29) is 0 Å². The Morgan fingerprint density at radius 2 is 0.902 bits per heavy atom. The lowest BCUT2D eigenvalue weighted by atomic mass is 9.96. The van der Waals surface area contributed by atoms with Crippen LogP contribution in [0, 0.1) is 0 Å². The monoisotopic (exact) mass is 778 g/mol. The fourth-order valence-electron chi connectivity index (χ4n) is 9.41. The van der Waals surface area contributed by atoms with Gasteiger partial charge in [0.15, 0.2) is 0 Å². The number of aromatic nitrogens is 1. The minimum Gasteiger partial charge on any atom is -0.456 e. The molecule has 286 valence electrons. The smallest absolute Gasteiger partial charge is 0.135 e. The second kappa shape index (κ2) is 14.3. The van der Waals surface area contributed by atoms with E-state index < -0.39 is 0 Å². The topological polar surface area (TPSA) is 21.3 Å². The highest BCUT2D eigenvalue weighted by Crippen LogP contribution is 2.45.